The van der Waals surface area contributed by atoms with Gasteiger partial charge in [-0.3, -0.25) is 4.79 Å². The minimum absolute atomic E-state index is 0.0217. The first-order chi connectivity index (χ1) is 19.0. The number of benzene rings is 2. The first kappa shape index (κ1) is 26.8. The van der Waals surface area contributed by atoms with Crippen LogP contribution < -0.4 is 15.0 Å². The third-order valence-corrected chi connectivity index (χ3v) is 8.80. The number of alkyl halides is 3. The minimum atomic E-state index is -4.87. The Bertz CT molecular complexity index is 1440. The minimum Gasteiger partial charge on any atom is -0.405 e. The maximum absolute atomic E-state index is 13.7. The molecule has 3 aliphatic rings. The number of rotatable bonds is 8. The largest absolute Gasteiger partial charge is 0.573 e. The first-order valence-electron chi connectivity index (χ1n) is 13.5. The van der Waals surface area contributed by atoms with Crippen LogP contribution in [0.2, 0.25) is 0 Å². The Morgan fingerprint density at radius 3 is 2.58 bits per heavy atom. The molecule has 1 aromatic heterocycles. The standard InChI is InChI=1S/C29H32F3N5O3/c1-27(8-5-9-27)33-15-18-10-22-23(24(11-18)40-29(30,31)32)16-37(25(22)38)20-7-4-6-19(12-20)28(13-21(14-28)39-3)26-35-34-17-36(26)2/h4,6-7,10-12,17,21,33H,5,8-9,13-16H2,1-3H3. The smallest absolute Gasteiger partial charge is 0.405 e. The van der Waals surface area contributed by atoms with Crippen LogP contribution >= 0.6 is 0 Å². The Morgan fingerprint density at radius 1 is 1.18 bits per heavy atom. The van der Waals surface area contributed by atoms with Crippen molar-refractivity contribution in [1.82, 2.24) is 20.1 Å². The Labute approximate surface area is 230 Å². The molecule has 0 unspecified atom stereocenters. The van der Waals surface area contributed by atoms with Gasteiger partial charge in [-0.1, -0.05) is 12.1 Å². The molecule has 2 saturated carbocycles. The van der Waals surface area contributed by atoms with Crippen molar-refractivity contribution in [2.24, 2.45) is 7.05 Å². The summed E-state index contributed by atoms with van der Waals surface area (Å²) >= 11 is 0. The van der Waals surface area contributed by atoms with Crippen molar-refractivity contribution < 1.29 is 27.4 Å². The number of carbonyl (C=O) groups excluding carboxylic acids is 1. The number of halogens is 3. The normalized spacial score (nSPS) is 23.5. The molecule has 0 radical (unpaired) electrons. The molecule has 0 spiro atoms. The molecule has 1 amide bonds. The fraction of sp³-hybridized carbons (Fsp3) is 0.483. The highest BCUT2D eigenvalue weighted by Crippen LogP contribution is 2.50. The van der Waals surface area contributed by atoms with Gasteiger partial charge in [0.25, 0.3) is 5.91 Å². The van der Waals surface area contributed by atoms with E-state index in [0.717, 1.165) is 30.7 Å². The molecule has 2 aromatic carbocycles. The number of amides is 1. The highest BCUT2D eigenvalue weighted by atomic mass is 19.4. The highest BCUT2D eigenvalue weighted by molar-refractivity contribution is 6.10. The van der Waals surface area contributed by atoms with Crippen molar-refractivity contribution in [3.8, 4) is 5.75 Å². The number of fused-ring (bicyclic) bond motifs is 1. The zero-order valence-corrected chi connectivity index (χ0v) is 22.7. The van der Waals surface area contributed by atoms with Crippen molar-refractivity contribution in [3.63, 3.8) is 0 Å². The van der Waals surface area contributed by atoms with E-state index >= 15 is 0 Å². The lowest BCUT2D eigenvalue weighted by atomic mass is 9.62. The van der Waals surface area contributed by atoms with Crippen molar-refractivity contribution in [3.05, 3.63) is 70.8 Å². The van der Waals surface area contributed by atoms with E-state index in [9.17, 15) is 18.0 Å². The third-order valence-electron chi connectivity index (χ3n) is 8.80. The molecule has 8 nitrogen and oxygen atoms in total. The maximum atomic E-state index is 13.7. The van der Waals surface area contributed by atoms with Crippen molar-refractivity contribution in [2.45, 2.75) is 75.5 Å². The SMILES string of the molecule is COC1CC(c2cccc(N3Cc4c(OC(F)(F)F)cc(CNC5(C)CCC5)cc4C3=O)c2)(c2nncn2C)C1. The summed E-state index contributed by atoms with van der Waals surface area (Å²) < 4.78 is 52.1. The summed E-state index contributed by atoms with van der Waals surface area (Å²) in [6, 6.07) is 10.7. The van der Waals surface area contributed by atoms with Crippen LogP contribution in [0.5, 0.6) is 5.75 Å². The van der Waals surface area contributed by atoms with Crippen molar-refractivity contribution in [2.75, 3.05) is 12.0 Å². The predicted molar refractivity (Wildman–Crippen MR) is 141 cm³/mol. The summed E-state index contributed by atoms with van der Waals surface area (Å²) in [6.45, 7) is 2.43. The second-order valence-corrected chi connectivity index (χ2v) is 11.5. The molecule has 212 valence electrons. The number of hydrogen-bond donors (Lipinski definition) is 1. The second-order valence-electron chi connectivity index (χ2n) is 11.5. The monoisotopic (exact) mass is 555 g/mol. The topological polar surface area (TPSA) is 81.5 Å². The Hall–Kier alpha value is -3.44. The molecular weight excluding hydrogens is 523 g/mol. The van der Waals surface area contributed by atoms with Crippen LogP contribution in [0.1, 0.15) is 71.9 Å². The molecule has 2 fully saturated rings. The van der Waals surface area contributed by atoms with E-state index in [1.165, 1.54) is 11.0 Å². The number of aromatic nitrogens is 3. The Kier molecular flexibility index (Phi) is 6.42. The molecule has 1 aliphatic heterocycles. The van der Waals surface area contributed by atoms with Gasteiger partial charge in [0.2, 0.25) is 0 Å². The summed E-state index contributed by atoms with van der Waals surface area (Å²) in [6.07, 6.45) is 1.38. The first-order valence-corrected chi connectivity index (χ1v) is 13.5. The van der Waals surface area contributed by atoms with Gasteiger partial charge in [-0.2, -0.15) is 0 Å². The lowest BCUT2D eigenvalue weighted by Gasteiger charge is -2.46. The fourth-order valence-corrected chi connectivity index (χ4v) is 6.28. The molecular formula is C29H32F3N5O3. The number of anilines is 1. The zero-order valence-electron chi connectivity index (χ0n) is 22.7. The number of hydrogen-bond acceptors (Lipinski definition) is 6. The molecule has 6 rings (SSSR count). The van der Waals surface area contributed by atoms with Crippen molar-refractivity contribution >= 4 is 11.6 Å². The van der Waals surface area contributed by atoms with Gasteiger partial charge >= 0.3 is 6.36 Å². The van der Waals surface area contributed by atoms with Gasteiger partial charge in [0, 0.05) is 43.1 Å². The average Bonchev–Trinajstić information content (AvgIpc) is 3.44. The zero-order chi connectivity index (χ0) is 28.3. The van der Waals surface area contributed by atoms with E-state index in [1.807, 2.05) is 29.8 Å². The van der Waals surface area contributed by atoms with Gasteiger partial charge < -0.3 is 24.3 Å². The van der Waals surface area contributed by atoms with E-state index in [-0.39, 0.29) is 41.0 Å². The average molecular weight is 556 g/mol. The Morgan fingerprint density at radius 2 is 1.95 bits per heavy atom. The van der Waals surface area contributed by atoms with Gasteiger partial charge in [-0.25, -0.2) is 0 Å². The van der Waals surface area contributed by atoms with E-state index in [2.05, 4.69) is 27.2 Å². The Balaban J connectivity index is 1.33. The summed E-state index contributed by atoms with van der Waals surface area (Å²) in [5, 5.41) is 11.9. The van der Waals surface area contributed by atoms with Gasteiger partial charge in [-0.15, -0.1) is 23.4 Å². The van der Waals surface area contributed by atoms with Crippen LogP contribution in [-0.2, 0) is 30.3 Å². The maximum Gasteiger partial charge on any atom is 0.573 e. The molecule has 0 bridgehead atoms. The molecule has 1 N–H and O–H groups in total. The summed E-state index contributed by atoms with van der Waals surface area (Å²) in [5.41, 5.74) is 2.10. The van der Waals surface area contributed by atoms with Crippen LogP contribution in [0.25, 0.3) is 0 Å². The molecule has 3 aromatic rings. The lowest BCUT2D eigenvalue weighted by molar-refractivity contribution is -0.274. The molecule has 11 heteroatoms. The predicted octanol–water partition coefficient (Wildman–Crippen LogP) is 5.00. The van der Waals surface area contributed by atoms with E-state index in [0.29, 0.717) is 30.6 Å². The number of aryl methyl sites for hydroxylation is 1. The molecule has 0 saturated heterocycles. The van der Waals surface area contributed by atoms with E-state index in [4.69, 9.17) is 4.74 Å². The van der Waals surface area contributed by atoms with Gasteiger partial charge in [0.05, 0.1) is 18.1 Å². The quantitative estimate of drug-likeness (QED) is 0.421. The molecule has 2 heterocycles. The summed E-state index contributed by atoms with van der Waals surface area (Å²) in [5.74, 6) is 0.115. The van der Waals surface area contributed by atoms with Gasteiger partial charge in [0.1, 0.15) is 17.9 Å². The van der Waals surface area contributed by atoms with Crippen LogP contribution in [0.4, 0.5) is 18.9 Å². The fourth-order valence-electron chi connectivity index (χ4n) is 6.28. The van der Waals surface area contributed by atoms with Crippen LogP contribution in [0.3, 0.4) is 0 Å². The van der Waals surface area contributed by atoms with Crippen LogP contribution in [-0.4, -0.2) is 45.8 Å². The van der Waals surface area contributed by atoms with Gasteiger partial charge in [0.15, 0.2) is 0 Å². The van der Waals surface area contributed by atoms with E-state index in [1.54, 1.807) is 25.6 Å². The van der Waals surface area contributed by atoms with Crippen LogP contribution in [0, 0.1) is 0 Å². The summed E-state index contributed by atoms with van der Waals surface area (Å²) in [4.78, 5) is 15.2. The molecule has 40 heavy (non-hydrogen) atoms. The lowest BCUT2D eigenvalue weighted by Crippen LogP contribution is -2.48. The van der Waals surface area contributed by atoms with E-state index < -0.39 is 11.8 Å². The molecule has 2 aliphatic carbocycles. The number of ether oxygens (including phenoxy) is 2. The number of carbonyl (C=O) groups is 1. The number of nitrogens with one attached hydrogen (secondary N) is 1. The third kappa shape index (κ3) is 4.64. The number of methoxy groups -OCH3 is 1. The van der Waals surface area contributed by atoms with Crippen molar-refractivity contribution in [1.29, 1.82) is 0 Å². The van der Waals surface area contributed by atoms with Crippen LogP contribution in [0.15, 0.2) is 42.7 Å². The second kappa shape index (κ2) is 9.59. The highest BCUT2D eigenvalue weighted by Gasteiger charge is 2.50. The number of nitrogens with zero attached hydrogens (tertiary/aromatic N) is 4. The summed E-state index contributed by atoms with van der Waals surface area (Å²) in [7, 11) is 3.57. The van der Waals surface area contributed by atoms with Gasteiger partial charge in [-0.05, 0) is 74.4 Å². The molecule has 0 atom stereocenters.